The Balaban J connectivity index is 2.36. The lowest BCUT2D eigenvalue weighted by Gasteiger charge is -2.20. The van der Waals surface area contributed by atoms with Gasteiger partial charge in [-0.25, -0.2) is 22.7 Å². The number of halogens is 1. The molecule has 1 saturated heterocycles. The molecule has 1 atom stereocenters. The third-order valence-corrected chi connectivity index (χ3v) is 4.27. The molecule has 1 unspecified atom stereocenters. The summed E-state index contributed by atoms with van der Waals surface area (Å²) in [6, 6.07) is 3.78. The molecule has 1 aliphatic heterocycles. The molecule has 9 heteroatoms. The molecular formula is C13H15FN2O5S. The van der Waals surface area contributed by atoms with Crippen LogP contribution in [0.25, 0.3) is 0 Å². The van der Waals surface area contributed by atoms with Crippen molar-refractivity contribution in [3.8, 4) is 0 Å². The Morgan fingerprint density at radius 3 is 2.77 bits per heavy atom. The number of carbonyl (C=O) groups excluding carboxylic acids is 2. The molecule has 2 N–H and O–H groups in total. The van der Waals surface area contributed by atoms with Gasteiger partial charge in [-0.15, -0.1) is 0 Å². The second-order valence-corrected chi connectivity index (χ2v) is 6.69. The summed E-state index contributed by atoms with van der Waals surface area (Å²) in [4.78, 5) is 24.8. The van der Waals surface area contributed by atoms with Gasteiger partial charge in [0.15, 0.2) is 0 Å². The number of ether oxygens (including phenoxy) is 1. The van der Waals surface area contributed by atoms with E-state index >= 15 is 0 Å². The van der Waals surface area contributed by atoms with Crippen LogP contribution >= 0.6 is 0 Å². The van der Waals surface area contributed by atoms with Gasteiger partial charge in [-0.1, -0.05) is 6.07 Å². The minimum absolute atomic E-state index is 0.0276. The summed E-state index contributed by atoms with van der Waals surface area (Å²) in [7, 11) is -2.60. The number of benzene rings is 1. The van der Waals surface area contributed by atoms with Crippen molar-refractivity contribution in [2.45, 2.75) is 6.42 Å². The highest BCUT2D eigenvalue weighted by molar-refractivity contribution is 7.89. The zero-order valence-electron chi connectivity index (χ0n) is 11.8. The summed E-state index contributed by atoms with van der Waals surface area (Å²) in [5.41, 5.74) is -0.289. The van der Waals surface area contributed by atoms with Crippen LogP contribution in [0.15, 0.2) is 18.2 Å². The number of esters is 1. The van der Waals surface area contributed by atoms with Gasteiger partial charge < -0.3 is 9.64 Å². The molecule has 1 fully saturated rings. The van der Waals surface area contributed by atoms with E-state index in [2.05, 4.69) is 4.74 Å². The lowest BCUT2D eigenvalue weighted by atomic mass is 10.1. The van der Waals surface area contributed by atoms with Gasteiger partial charge in [-0.3, -0.25) is 4.79 Å². The van der Waals surface area contributed by atoms with Crippen LogP contribution in [0.2, 0.25) is 0 Å². The van der Waals surface area contributed by atoms with Crippen molar-refractivity contribution in [2.24, 2.45) is 11.1 Å². The first-order valence-electron chi connectivity index (χ1n) is 6.40. The Morgan fingerprint density at radius 2 is 2.18 bits per heavy atom. The maximum Gasteiger partial charge on any atom is 0.340 e. The molecular weight excluding hydrogens is 315 g/mol. The van der Waals surface area contributed by atoms with Crippen LogP contribution in [0.3, 0.4) is 0 Å². The minimum atomic E-state index is -3.74. The molecule has 1 aromatic carbocycles. The van der Waals surface area contributed by atoms with Crippen molar-refractivity contribution in [3.63, 3.8) is 0 Å². The number of rotatable bonds is 4. The molecule has 0 radical (unpaired) electrons. The van der Waals surface area contributed by atoms with Crippen LogP contribution in [-0.4, -0.2) is 39.7 Å². The zero-order chi connectivity index (χ0) is 16.5. The lowest BCUT2D eigenvalue weighted by molar-refractivity contribution is -0.117. The van der Waals surface area contributed by atoms with Gasteiger partial charge in [0.05, 0.1) is 24.1 Å². The number of amides is 1. The second-order valence-electron chi connectivity index (χ2n) is 5.03. The predicted octanol–water partition coefficient (Wildman–Crippen LogP) is 0.254. The highest BCUT2D eigenvalue weighted by Crippen LogP contribution is 2.31. The SMILES string of the molecule is COC(=O)c1cccc(F)c1N1CC(CS(N)(=O)=O)CC1=O. The first-order valence-corrected chi connectivity index (χ1v) is 8.12. The topological polar surface area (TPSA) is 107 Å². The van der Waals surface area contributed by atoms with Crippen LogP contribution in [0.1, 0.15) is 16.8 Å². The summed E-state index contributed by atoms with van der Waals surface area (Å²) < 4.78 is 40.9. The number of nitrogens with two attached hydrogens (primary N) is 1. The summed E-state index contributed by atoms with van der Waals surface area (Å²) in [6.07, 6.45) is -0.0780. The normalized spacial score (nSPS) is 18.6. The zero-order valence-corrected chi connectivity index (χ0v) is 12.6. The molecule has 0 spiro atoms. The molecule has 1 aliphatic rings. The van der Waals surface area contributed by atoms with Crippen molar-refractivity contribution in [2.75, 3.05) is 24.3 Å². The molecule has 7 nitrogen and oxygen atoms in total. The van der Waals surface area contributed by atoms with E-state index in [-0.39, 0.29) is 30.0 Å². The van der Waals surface area contributed by atoms with Crippen molar-refractivity contribution < 1.29 is 27.1 Å². The Morgan fingerprint density at radius 1 is 1.50 bits per heavy atom. The number of hydrogen-bond acceptors (Lipinski definition) is 5. The first kappa shape index (κ1) is 16.4. The first-order chi connectivity index (χ1) is 10.2. The van der Waals surface area contributed by atoms with Crippen LogP contribution < -0.4 is 10.0 Å². The van der Waals surface area contributed by atoms with Crippen molar-refractivity contribution in [3.05, 3.63) is 29.6 Å². The Hall–Kier alpha value is -2.00. The fourth-order valence-electron chi connectivity index (χ4n) is 2.50. The Bertz CT molecular complexity index is 719. The molecule has 1 aromatic rings. The number of anilines is 1. The highest BCUT2D eigenvalue weighted by atomic mass is 32.2. The average molecular weight is 330 g/mol. The minimum Gasteiger partial charge on any atom is -0.465 e. The molecule has 1 heterocycles. The third kappa shape index (κ3) is 3.42. The van der Waals surface area contributed by atoms with Crippen LogP contribution in [0.4, 0.5) is 10.1 Å². The molecule has 0 bridgehead atoms. The van der Waals surface area contributed by atoms with Gasteiger partial charge in [0.25, 0.3) is 0 Å². The van der Waals surface area contributed by atoms with E-state index in [9.17, 15) is 22.4 Å². The largest absolute Gasteiger partial charge is 0.465 e. The molecule has 2 rings (SSSR count). The van der Waals surface area contributed by atoms with Crippen molar-refractivity contribution in [1.82, 2.24) is 0 Å². The second kappa shape index (κ2) is 6.01. The molecule has 22 heavy (non-hydrogen) atoms. The van der Waals surface area contributed by atoms with E-state index in [1.165, 1.54) is 12.1 Å². The van der Waals surface area contributed by atoms with Crippen LogP contribution in [-0.2, 0) is 19.6 Å². The summed E-state index contributed by atoms with van der Waals surface area (Å²) in [6.45, 7) is -0.0276. The van der Waals surface area contributed by atoms with Crippen LogP contribution in [0.5, 0.6) is 0 Å². The van der Waals surface area contributed by atoms with E-state index < -0.39 is 33.6 Å². The summed E-state index contributed by atoms with van der Waals surface area (Å²) in [5.74, 6) is -2.93. The molecule has 120 valence electrons. The molecule has 0 aliphatic carbocycles. The maximum absolute atomic E-state index is 14.1. The van der Waals surface area contributed by atoms with E-state index in [4.69, 9.17) is 5.14 Å². The van der Waals surface area contributed by atoms with Crippen molar-refractivity contribution >= 4 is 27.6 Å². The average Bonchev–Trinajstić information content (AvgIpc) is 2.75. The highest BCUT2D eigenvalue weighted by Gasteiger charge is 2.36. The van der Waals surface area contributed by atoms with Gasteiger partial charge in [0.1, 0.15) is 5.82 Å². The number of hydrogen-bond donors (Lipinski definition) is 1. The molecule has 0 aromatic heterocycles. The number of sulfonamides is 1. The van der Waals surface area contributed by atoms with Gasteiger partial charge in [-0.05, 0) is 12.1 Å². The monoisotopic (exact) mass is 330 g/mol. The molecule has 0 saturated carbocycles. The smallest absolute Gasteiger partial charge is 0.340 e. The van der Waals surface area contributed by atoms with E-state index in [0.717, 1.165) is 18.1 Å². The van der Waals surface area contributed by atoms with E-state index in [1.807, 2.05) is 0 Å². The maximum atomic E-state index is 14.1. The Kier molecular flexibility index (Phi) is 4.47. The van der Waals surface area contributed by atoms with Gasteiger partial charge in [-0.2, -0.15) is 0 Å². The fraction of sp³-hybridized carbons (Fsp3) is 0.385. The number of para-hydroxylation sites is 1. The number of nitrogens with zero attached hydrogens (tertiary/aromatic N) is 1. The summed E-state index contributed by atoms with van der Waals surface area (Å²) in [5, 5.41) is 4.97. The number of carbonyl (C=O) groups is 2. The van der Waals surface area contributed by atoms with E-state index in [1.54, 1.807) is 0 Å². The van der Waals surface area contributed by atoms with Crippen molar-refractivity contribution in [1.29, 1.82) is 0 Å². The van der Waals surface area contributed by atoms with Crippen LogP contribution in [0, 0.1) is 11.7 Å². The fourth-order valence-corrected chi connectivity index (χ4v) is 3.38. The number of primary sulfonamides is 1. The number of methoxy groups -OCH3 is 1. The van der Waals surface area contributed by atoms with Gasteiger partial charge in [0, 0.05) is 18.9 Å². The molecule has 1 amide bonds. The standard InChI is InChI=1S/C13H15FN2O5S/c1-21-13(18)9-3-2-4-10(14)12(9)16-6-8(5-11(16)17)7-22(15,19)20/h2-4,8H,5-7H2,1H3,(H2,15,19,20). The summed E-state index contributed by atoms with van der Waals surface area (Å²) >= 11 is 0. The quantitative estimate of drug-likeness (QED) is 0.797. The Labute approximate surface area is 126 Å². The van der Waals surface area contributed by atoms with Gasteiger partial charge >= 0.3 is 5.97 Å². The third-order valence-electron chi connectivity index (χ3n) is 3.34. The van der Waals surface area contributed by atoms with Gasteiger partial charge in [0.2, 0.25) is 15.9 Å². The predicted molar refractivity (Wildman–Crippen MR) is 76.2 cm³/mol. The van der Waals surface area contributed by atoms with E-state index in [0.29, 0.717) is 0 Å². The lowest BCUT2D eigenvalue weighted by Crippen LogP contribution is -2.29.